The molecule has 0 aromatic heterocycles. The first kappa shape index (κ1) is 14.8. The number of hydrogen-bond donors (Lipinski definition) is 2. The Balaban J connectivity index is 1.73. The van der Waals surface area contributed by atoms with Crippen molar-refractivity contribution in [2.45, 2.75) is 38.8 Å². The Kier molecular flexibility index (Phi) is 5.60. The highest BCUT2D eigenvalue weighted by molar-refractivity contribution is 5.81. The van der Waals surface area contributed by atoms with Crippen molar-refractivity contribution in [2.75, 3.05) is 45.8 Å². The van der Waals surface area contributed by atoms with Gasteiger partial charge in [0.15, 0.2) is 0 Å². The molecule has 2 saturated heterocycles. The molecule has 5 heteroatoms. The van der Waals surface area contributed by atoms with E-state index in [1.165, 1.54) is 19.4 Å². The standard InChI is InChI=1S/C14H28N4O/c1-3-17-8-4-5-13(17)11-16-14(19)12(2)18-9-6-15-7-10-18/h12-13,15H,3-11H2,1-2H3,(H,16,19). The zero-order valence-electron chi connectivity index (χ0n) is 12.3. The first-order valence-electron chi connectivity index (χ1n) is 7.69. The highest BCUT2D eigenvalue weighted by Gasteiger charge is 2.26. The van der Waals surface area contributed by atoms with Gasteiger partial charge in [0, 0.05) is 38.8 Å². The number of rotatable bonds is 5. The van der Waals surface area contributed by atoms with E-state index in [0.717, 1.165) is 39.3 Å². The second-order valence-electron chi connectivity index (χ2n) is 5.63. The van der Waals surface area contributed by atoms with E-state index < -0.39 is 0 Å². The van der Waals surface area contributed by atoms with Crippen LogP contribution in [-0.2, 0) is 4.79 Å². The molecule has 0 radical (unpaired) electrons. The molecule has 2 fully saturated rings. The molecule has 0 aromatic carbocycles. The lowest BCUT2D eigenvalue weighted by molar-refractivity contribution is -0.126. The highest BCUT2D eigenvalue weighted by Crippen LogP contribution is 2.15. The number of hydrogen-bond acceptors (Lipinski definition) is 4. The van der Waals surface area contributed by atoms with Crippen LogP contribution in [0, 0.1) is 0 Å². The molecule has 2 rings (SSSR count). The van der Waals surface area contributed by atoms with E-state index in [9.17, 15) is 4.79 Å². The Hall–Kier alpha value is -0.650. The molecule has 0 spiro atoms. The minimum atomic E-state index is -0.00132. The number of nitrogens with zero attached hydrogens (tertiary/aromatic N) is 2. The Morgan fingerprint density at radius 2 is 2.11 bits per heavy atom. The van der Waals surface area contributed by atoms with Gasteiger partial charge < -0.3 is 10.6 Å². The molecule has 2 aliphatic heterocycles. The molecular formula is C14H28N4O. The van der Waals surface area contributed by atoms with Crippen LogP contribution in [0.5, 0.6) is 0 Å². The number of carbonyl (C=O) groups excluding carboxylic acids is 1. The first-order chi connectivity index (χ1) is 9.22. The molecular weight excluding hydrogens is 240 g/mol. The summed E-state index contributed by atoms with van der Waals surface area (Å²) in [5.74, 6) is 0.185. The van der Waals surface area contributed by atoms with E-state index in [4.69, 9.17) is 0 Å². The van der Waals surface area contributed by atoms with E-state index in [1.807, 2.05) is 6.92 Å². The van der Waals surface area contributed by atoms with Gasteiger partial charge in [0.25, 0.3) is 0 Å². The minimum Gasteiger partial charge on any atom is -0.353 e. The lowest BCUT2D eigenvalue weighted by Gasteiger charge is -2.32. The van der Waals surface area contributed by atoms with Crippen molar-refractivity contribution in [1.29, 1.82) is 0 Å². The highest BCUT2D eigenvalue weighted by atomic mass is 16.2. The fraction of sp³-hybridized carbons (Fsp3) is 0.929. The maximum absolute atomic E-state index is 12.2. The SMILES string of the molecule is CCN1CCCC1CNC(=O)C(C)N1CCNCC1. The summed E-state index contributed by atoms with van der Waals surface area (Å²) in [5.41, 5.74) is 0. The topological polar surface area (TPSA) is 47.6 Å². The van der Waals surface area contributed by atoms with Gasteiger partial charge in [-0.3, -0.25) is 14.6 Å². The third-order valence-corrected chi connectivity index (χ3v) is 4.50. The van der Waals surface area contributed by atoms with Gasteiger partial charge in [0.2, 0.25) is 5.91 Å². The molecule has 0 saturated carbocycles. The molecule has 0 bridgehead atoms. The van der Waals surface area contributed by atoms with Crippen LogP contribution in [0.4, 0.5) is 0 Å². The van der Waals surface area contributed by atoms with Gasteiger partial charge in [0.05, 0.1) is 6.04 Å². The van der Waals surface area contributed by atoms with Gasteiger partial charge in [-0.2, -0.15) is 0 Å². The fourth-order valence-electron chi connectivity index (χ4n) is 3.14. The molecule has 0 aliphatic carbocycles. The molecule has 19 heavy (non-hydrogen) atoms. The summed E-state index contributed by atoms with van der Waals surface area (Å²) in [4.78, 5) is 16.9. The molecule has 2 heterocycles. The van der Waals surface area contributed by atoms with Crippen LogP contribution in [0.25, 0.3) is 0 Å². The van der Waals surface area contributed by atoms with Gasteiger partial charge >= 0.3 is 0 Å². The van der Waals surface area contributed by atoms with Crippen molar-refractivity contribution in [3.8, 4) is 0 Å². The first-order valence-corrected chi connectivity index (χ1v) is 7.69. The predicted molar refractivity (Wildman–Crippen MR) is 77.2 cm³/mol. The molecule has 2 aliphatic rings. The van der Waals surface area contributed by atoms with E-state index in [2.05, 4.69) is 27.4 Å². The molecule has 5 nitrogen and oxygen atoms in total. The number of likely N-dealkylation sites (N-methyl/N-ethyl adjacent to an activating group) is 1. The van der Waals surface area contributed by atoms with Crippen LogP contribution in [0.3, 0.4) is 0 Å². The van der Waals surface area contributed by atoms with Crippen molar-refractivity contribution in [3.63, 3.8) is 0 Å². The lowest BCUT2D eigenvalue weighted by Crippen LogP contribution is -2.53. The van der Waals surface area contributed by atoms with Crippen LogP contribution < -0.4 is 10.6 Å². The maximum Gasteiger partial charge on any atom is 0.237 e. The Bertz CT molecular complexity index is 291. The predicted octanol–water partition coefficient (Wildman–Crippen LogP) is -0.119. The largest absolute Gasteiger partial charge is 0.353 e. The van der Waals surface area contributed by atoms with Crippen molar-refractivity contribution in [3.05, 3.63) is 0 Å². The third kappa shape index (κ3) is 3.91. The number of amides is 1. The Labute approximate surface area is 116 Å². The van der Waals surface area contributed by atoms with E-state index in [1.54, 1.807) is 0 Å². The molecule has 2 unspecified atom stereocenters. The monoisotopic (exact) mass is 268 g/mol. The molecule has 110 valence electrons. The summed E-state index contributed by atoms with van der Waals surface area (Å²) in [5, 5.41) is 6.46. The molecule has 0 aromatic rings. The zero-order chi connectivity index (χ0) is 13.7. The van der Waals surface area contributed by atoms with Gasteiger partial charge in [-0.15, -0.1) is 0 Å². The average molecular weight is 268 g/mol. The van der Waals surface area contributed by atoms with Crippen molar-refractivity contribution in [1.82, 2.24) is 20.4 Å². The van der Waals surface area contributed by atoms with Gasteiger partial charge in [-0.1, -0.05) is 6.92 Å². The van der Waals surface area contributed by atoms with E-state index in [-0.39, 0.29) is 11.9 Å². The molecule has 1 amide bonds. The van der Waals surface area contributed by atoms with Gasteiger partial charge in [0.1, 0.15) is 0 Å². The molecule has 2 N–H and O–H groups in total. The lowest BCUT2D eigenvalue weighted by atomic mass is 10.2. The number of carbonyl (C=O) groups is 1. The third-order valence-electron chi connectivity index (χ3n) is 4.50. The minimum absolute atomic E-state index is 0.00132. The van der Waals surface area contributed by atoms with E-state index in [0.29, 0.717) is 6.04 Å². The van der Waals surface area contributed by atoms with Crippen molar-refractivity contribution in [2.24, 2.45) is 0 Å². The van der Waals surface area contributed by atoms with Crippen molar-refractivity contribution >= 4 is 5.91 Å². The number of piperazine rings is 1. The maximum atomic E-state index is 12.2. The van der Waals surface area contributed by atoms with E-state index >= 15 is 0 Å². The smallest absolute Gasteiger partial charge is 0.237 e. The normalized spacial score (nSPS) is 27.4. The Morgan fingerprint density at radius 1 is 1.37 bits per heavy atom. The number of nitrogens with one attached hydrogen (secondary N) is 2. The summed E-state index contributed by atoms with van der Waals surface area (Å²) in [6.07, 6.45) is 2.48. The summed E-state index contributed by atoms with van der Waals surface area (Å²) in [7, 11) is 0. The zero-order valence-corrected chi connectivity index (χ0v) is 12.3. The van der Waals surface area contributed by atoms with Crippen LogP contribution in [0.1, 0.15) is 26.7 Å². The second kappa shape index (κ2) is 7.22. The fourth-order valence-corrected chi connectivity index (χ4v) is 3.14. The van der Waals surface area contributed by atoms with Gasteiger partial charge in [-0.05, 0) is 32.9 Å². The van der Waals surface area contributed by atoms with Crippen LogP contribution in [0.2, 0.25) is 0 Å². The van der Waals surface area contributed by atoms with Gasteiger partial charge in [-0.25, -0.2) is 0 Å². The second-order valence-corrected chi connectivity index (χ2v) is 5.63. The quantitative estimate of drug-likeness (QED) is 0.730. The summed E-state index contributed by atoms with van der Waals surface area (Å²) in [6, 6.07) is 0.544. The molecule has 2 atom stereocenters. The summed E-state index contributed by atoms with van der Waals surface area (Å²) in [6.45, 7) is 11.2. The van der Waals surface area contributed by atoms with Crippen LogP contribution in [-0.4, -0.2) is 73.6 Å². The number of likely N-dealkylation sites (tertiary alicyclic amines) is 1. The summed E-state index contributed by atoms with van der Waals surface area (Å²) < 4.78 is 0. The van der Waals surface area contributed by atoms with Crippen LogP contribution >= 0.6 is 0 Å². The summed E-state index contributed by atoms with van der Waals surface area (Å²) >= 11 is 0. The Morgan fingerprint density at radius 3 is 2.79 bits per heavy atom. The van der Waals surface area contributed by atoms with Crippen molar-refractivity contribution < 1.29 is 4.79 Å². The average Bonchev–Trinajstić information content (AvgIpc) is 2.92. The van der Waals surface area contributed by atoms with Crippen LogP contribution in [0.15, 0.2) is 0 Å².